The Labute approximate surface area is 159 Å². The Bertz CT molecular complexity index is 742. The van der Waals surface area contributed by atoms with Gasteiger partial charge in [-0.25, -0.2) is 14.3 Å². The molecule has 3 amide bonds. The van der Waals surface area contributed by atoms with Crippen LogP contribution < -0.4 is 10.6 Å². The number of anilines is 1. The molecule has 2 rings (SSSR count). The Morgan fingerprint density at radius 3 is 2.46 bits per heavy atom. The standard InChI is InChI=1S/C15H22BrN5O5/c1-15(2,3)26-14(25)19(4)12-9(11(17)22)10(16)18-21(12)8-5-6-20(7-8)13(23)24/h8H,5-7H2,1-4H3,(H2,17,22)(H,23,24)/t8-/m0/s1. The van der Waals surface area contributed by atoms with Crippen molar-refractivity contribution >= 4 is 39.8 Å². The molecular weight excluding hydrogens is 410 g/mol. The van der Waals surface area contributed by atoms with Crippen molar-refractivity contribution in [3.63, 3.8) is 0 Å². The lowest BCUT2D eigenvalue weighted by atomic mass is 10.2. The Hall–Kier alpha value is -2.30. The van der Waals surface area contributed by atoms with Gasteiger partial charge in [-0.2, -0.15) is 5.10 Å². The van der Waals surface area contributed by atoms with Gasteiger partial charge in [0.25, 0.3) is 5.91 Å². The van der Waals surface area contributed by atoms with E-state index >= 15 is 0 Å². The third kappa shape index (κ3) is 4.09. The van der Waals surface area contributed by atoms with Crippen molar-refractivity contribution in [2.24, 2.45) is 5.73 Å². The predicted molar refractivity (Wildman–Crippen MR) is 96.3 cm³/mol. The molecule has 26 heavy (non-hydrogen) atoms. The van der Waals surface area contributed by atoms with Crippen LogP contribution in [0.25, 0.3) is 0 Å². The maximum atomic E-state index is 12.5. The first-order valence-corrected chi connectivity index (χ1v) is 8.74. The minimum Gasteiger partial charge on any atom is -0.465 e. The maximum Gasteiger partial charge on any atom is 0.415 e. The van der Waals surface area contributed by atoms with Crippen LogP contribution in [0.5, 0.6) is 0 Å². The molecule has 2 heterocycles. The number of likely N-dealkylation sites (tertiary alicyclic amines) is 1. The predicted octanol–water partition coefficient (Wildman–Crippen LogP) is 2.04. The van der Waals surface area contributed by atoms with E-state index in [9.17, 15) is 14.4 Å². The number of nitrogens with zero attached hydrogens (tertiary/aromatic N) is 4. The minimum atomic E-state index is -1.03. The number of rotatable bonds is 3. The maximum absolute atomic E-state index is 12.5. The average molecular weight is 432 g/mol. The highest BCUT2D eigenvalue weighted by Crippen LogP contribution is 2.33. The molecule has 0 spiro atoms. The molecule has 1 aliphatic rings. The van der Waals surface area contributed by atoms with Gasteiger partial charge in [0.1, 0.15) is 15.8 Å². The summed E-state index contributed by atoms with van der Waals surface area (Å²) in [5.74, 6) is -0.600. The quantitative estimate of drug-likeness (QED) is 0.752. The fourth-order valence-corrected chi connectivity index (χ4v) is 3.26. The molecule has 0 unspecified atom stereocenters. The molecule has 0 bridgehead atoms. The molecule has 0 aliphatic carbocycles. The molecule has 3 N–H and O–H groups in total. The van der Waals surface area contributed by atoms with E-state index in [1.807, 2.05) is 0 Å². The fraction of sp³-hybridized carbons (Fsp3) is 0.600. The molecule has 0 saturated carbocycles. The molecule has 1 aliphatic heterocycles. The monoisotopic (exact) mass is 431 g/mol. The molecule has 0 radical (unpaired) electrons. The molecule has 11 heteroatoms. The first-order chi connectivity index (χ1) is 11.9. The summed E-state index contributed by atoms with van der Waals surface area (Å²) in [5, 5.41) is 13.4. The van der Waals surface area contributed by atoms with Crippen LogP contribution >= 0.6 is 15.9 Å². The number of ether oxygens (including phenoxy) is 1. The van der Waals surface area contributed by atoms with Crippen LogP contribution in [-0.2, 0) is 4.74 Å². The second-order valence-corrected chi connectivity index (χ2v) is 7.76. The zero-order valence-corrected chi connectivity index (χ0v) is 16.6. The summed E-state index contributed by atoms with van der Waals surface area (Å²) in [6, 6.07) is -0.338. The van der Waals surface area contributed by atoms with Gasteiger partial charge in [-0.3, -0.25) is 9.69 Å². The smallest absolute Gasteiger partial charge is 0.415 e. The number of aromatic nitrogens is 2. The van der Waals surface area contributed by atoms with Gasteiger partial charge in [0, 0.05) is 20.1 Å². The molecule has 1 fully saturated rings. The van der Waals surface area contributed by atoms with Crippen molar-refractivity contribution in [1.82, 2.24) is 14.7 Å². The van der Waals surface area contributed by atoms with Crippen molar-refractivity contribution in [3.8, 4) is 0 Å². The van der Waals surface area contributed by atoms with Gasteiger partial charge in [-0.15, -0.1) is 0 Å². The highest BCUT2D eigenvalue weighted by Gasteiger charge is 2.35. The van der Waals surface area contributed by atoms with Crippen molar-refractivity contribution in [2.45, 2.75) is 38.8 Å². The molecule has 1 saturated heterocycles. The normalized spacial score (nSPS) is 17.3. The van der Waals surface area contributed by atoms with Crippen molar-refractivity contribution in [2.75, 3.05) is 25.0 Å². The molecule has 10 nitrogen and oxygen atoms in total. The van der Waals surface area contributed by atoms with E-state index in [1.54, 1.807) is 20.8 Å². The third-order valence-corrected chi connectivity index (χ3v) is 4.41. The summed E-state index contributed by atoms with van der Waals surface area (Å²) in [7, 11) is 1.45. The summed E-state index contributed by atoms with van der Waals surface area (Å²) >= 11 is 3.20. The Morgan fingerprint density at radius 2 is 2.00 bits per heavy atom. The molecule has 1 aromatic rings. The Balaban J connectivity index is 2.44. The van der Waals surface area contributed by atoms with E-state index in [-0.39, 0.29) is 28.6 Å². The van der Waals surface area contributed by atoms with Gasteiger partial charge in [-0.05, 0) is 43.1 Å². The number of carbonyl (C=O) groups excluding carboxylic acids is 2. The molecule has 1 atom stereocenters. The fourth-order valence-electron chi connectivity index (χ4n) is 2.72. The topological polar surface area (TPSA) is 131 Å². The number of amides is 3. The van der Waals surface area contributed by atoms with Gasteiger partial charge >= 0.3 is 12.2 Å². The number of halogens is 1. The molecule has 0 aromatic carbocycles. The Kier molecular flexibility index (Phi) is 5.49. The van der Waals surface area contributed by atoms with Crippen LogP contribution in [-0.4, -0.2) is 63.6 Å². The summed E-state index contributed by atoms with van der Waals surface area (Å²) in [6.45, 7) is 5.70. The van der Waals surface area contributed by atoms with Crippen LogP contribution in [0.4, 0.5) is 15.4 Å². The number of hydrogen-bond donors (Lipinski definition) is 2. The zero-order chi connectivity index (χ0) is 19.8. The summed E-state index contributed by atoms with van der Waals surface area (Å²) < 4.78 is 6.99. The number of primary amides is 1. The number of carboxylic acid groups (broad SMARTS) is 1. The van der Waals surface area contributed by atoms with Gasteiger partial charge in [0.05, 0.1) is 6.04 Å². The lowest BCUT2D eigenvalue weighted by Gasteiger charge is -2.26. The number of hydrogen-bond acceptors (Lipinski definition) is 5. The van der Waals surface area contributed by atoms with E-state index in [2.05, 4.69) is 21.0 Å². The van der Waals surface area contributed by atoms with E-state index in [1.165, 1.54) is 16.6 Å². The SMILES string of the molecule is CN(C(=O)OC(C)(C)C)c1c(C(N)=O)c(Br)nn1[C@H]1CCN(C(=O)O)C1. The van der Waals surface area contributed by atoms with E-state index in [0.29, 0.717) is 13.0 Å². The van der Waals surface area contributed by atoms with Crippen molar-refractivity contribution < 1.29 is 24.2 Å². The lowest BCUT2D eigenvalue weighted by Crippen LogP contribution is -2.37. The van der Waals surface area contributed by atoms with E-state index < -0.39 is 23.7 Å². The highest BCUT2D eigenvalue weighted by molar-refractivity contribution is 9.10. The number of carbonyl (C=O) groups is 3. The van der Waals surface area contributed by atoms with Gasteiger partial charge in [0.2, 0.25) is 0 Å². The third-order valence-electron chi connectivity index (χ3n) is 3.85. The second-order valence-electron chi connectivity index (χ2n) is 7.01. The van der Waals surface area contributed by atoms with Crippen molar-refractivity contribution in [3.05, 3.63) is 10.2 Å². The van der Waals surface area contributed by atoms with Crippen LogP contribution in [0.2, 0.25) is 0 Å². The van der Waals surface area contributed by atoms with Gasteiger partial charge in [-0.1, -0.05) is 0 Å². The summed E-state index contributed by atoms with van der Waals surface area (Å²) in [5.41, 5.74) is 4.77. The van der Waals surface area contributed by atoms with E-state index in [4.69, 9.17) is 15.6 Å². The molecule has 1 aromatic heterocycles. The first-order valence-electron chi connectivity index (χ1n) is 7.94. The van der Waals surface area contributed by atoms with Gasteiger partial charge in [0.15, 0.2) is 5.82 Å². The van der Waals surface area contributed by atoms with Crippen LogP contribution in [0, 0.1) is 0 Å². The largest absolute Gasteiger partial charge is 0.465 e. The van der Waals surface area contributed by atoms with Crippen LogP contribution in [0.3, 0.4) is 0 Å². The van der Waals surface area contributed by atoms with Crippen molar-refractivity contribution in [1.29, 1.82) is 0 Å². The van der Waals surface area contributed by atoms with Gasteiger partial charge < -0.3 is 20.5 Å². The second kappa shape index (κ2) is 7.14. The lowest BCUT2D eigenvalue weighted by molar-refractivity contribution is 0.0586. The summed E-state index contributed by atoms with van der Waals surface area (Å²) in [4.78, 5) is 38.0. The summed E-state index contributed by atoms with van der Waals surface area (Å²) in [6.07, 6.45) is -1.22. The average Bonchev–Trinajstić information content (AvgIpc) is 3.08. The number of nitrogens with two attached hydrogens (primary N) is 1. The molecular formula is C15H22BrN5O5. The Morgan fingerprint density at radius 1 is 1.38 bits per heavy atom. The van der Waals surface area contributed by atoms with Crippen LogP contribution in [0.1, 0.15) is 43.6 Å². The van der Waals surface area contributed by atoms with E-state index in [0.717, 1.165) is 4.90 Å². The van der Waals surface area contributed by atoms with Crippen LogP contribution in [0.15, 0.2) is 4.60 Å². The zero-order valence-electron chi connectivity index (χ0n) is 15.0. The highest BCUT2D eigenvalue weighted by atomic mass is 79.9. The minimum absolute atomic E-state index is 0.0344. The first kappa shape index (κ1) is 20.0. The molecule has 144 valence electrons.